The van der Waals surface area contributed by atoms with E-state index in [0.29, 0.717) is 12.2 Å². The Balaban J connectivity index is 1.70. The summed E-state index contributed by atoms with van der Waals surface area (Å²) in [5.41, 5.74) is 0.450. The first kappa shape index (κ1) is 11.4. The number of hydrogen-bond donors (Lipinski definition) is 2. The first-order valence-corrected chi connectivity index (χ1v) is 5.50. The van der Waals surface area contributed by atoms with Crippen molar-refractivity contribution in [2.75, 3.05) is 6.54 Å². The highest BCUT2D eigenvalue weighted by Crippen LogP contribution is 1.96. The fourth-order valence-corrected chi connectivity index (χ4v) is 1.51. The zero-order chi connectivity index (χ0) is 12.1. The van der Waals surface area contributed by atoms with Gasteiger partial charge in [-0.1, -0.05) is 0 Å². The molecule has 90 valence electrons. The van der Waals surface area contributed by atoms with Crippen LogP contribution in [0.3, 0.4) is 0 Å². The van der Waals surface area contributed by atoms with Crippen LogP contribution in [-0.2, 0) is 13.5 Å². The number of carbonyl (C=O) groups excluding carboxylic acids is 1. The highest BCUT2D eigenvalue weighted by molar-refractivity contribution is 5.91. The van der Waals surface area contributed by atoms with Gasteiger partial charge in [0.2, 0.25) is 0 Å². The molecule has 0 aliphatic rings. The van der Waals surface area contributed by atoms with E-state index in [1.165, 1.54) is 0 Å². The largest absolute Gasteiger partial charge is 0.351 e. The number of aromatic amines is 1. The van der Waals surface area contributed by atoms with E-state index in [9.17, 15) is 4.79 Å². The molecule has 2 rings (SSSR count). The van der Waals surface area contributed by atoms with Gasteiger partial charge >= 0.3 is 0 Å². The number of hydrogen-bond acceptors (Lipinski definition) is 3. The number of nitrogens with one attached hydrogen (secondary N) is 2. The van der Waals surface area contributed by atoms with E-state index in [4.69, 9.17) is 0 Å². The summed E-state index contributed by atoms with van der Waals surface area (Å²) in [5, 5.41) is 2.82. The average Bonchev–Trinajstić information content (AvgIpc) is 2.95. The summed E-state index contributed by atoms with van der Waals surface area (Å²) in [7, 11) is 1.83. The van der Waals surface area contributed by atoms with Gasteiger partial charge in [-0.25, -0.2) is 9.97 Å². The second-order valence-corrected chi connectivity index (χ2v) is 3.82. The highest BCUT2D eigenvalue weighted by Gasteiger charge is 2.07. The van der Waals surface area contributed by atoms with Crippen LogP contribution in [0.5, 0.6) is 0 Å². The van der Waals surface area contributed by atoms with E-state index < -0.39 is 0 Å². The molecule has 2 N–H and O–H groups in total. The van der Waals surface area contributed by atoms with Crippen LogP contribution in [-0.4, -0.2) is 32.0 Å². The fourth-order valence-electron chi connectivity index (χ4n) is 1.51. The van der Waals surface area contributed by atoms with Gasteiger partial charge in [0.15, 0.2) is 0 Å². The van der Waals surface area contributed by atoms with Crippen LogP contribution in [0.2, 0.25) is 0 Å². The molecule has 0 bridgehead atoms. The number of aryl methyl sites for hydroxylation is 2. The lowest BCUT2D eigenvalue weighted by molar-refractivity contribution is 0.0948. The Labute approximate surface area is 99.1 Å². The van der Waals surface area contributed by atoms with E-state index in [-0.39, 0.29) is 5.91 Å². The predicted octanol–water partition coefficient (Wildman–Crippen LogP) is 0.506. The molecule has 0 fully saturated rings. The number of rotatable bonds is 5. The molecular formula is C11H15N5O. The average molecular weight is 233 g/mol. The normalized spacial score (nSPS) is 10.4. The summed E-state index contributed by atoms with van der Waals surface area (Å²) in [6, 6.07) is 0. The van der Waals surface area contributed by atoms with Gasteiger partial charge in [-0.15, -0.1) is 0 Å². The smallest absolute Gasteiger partial charge is 0.271 e. The first-order chi connectivity index (χ1) is 8.25. The van der Waals surface area contributed by atoms with Crippen molar-refractivity contribution in [2.24, 2.45) is 7.05 Å². The molecule has 6 nitrogen and oxygen atoms in total. The second-order valence-electron chi connectivity index (χ2n) is 3.82. The minimum Gasteiger partial charge on any atom is -0.351 e. The summed E-state index contributed by atoms with van der Waals surface area (Å²) >= 11 is 0. The molecule has 0 aliphatic carbocycles. The lowest BCUT2D eigenvalue weighted by atomic mass is 10.3. The van der Waals surface area contributed by atoms with E-state index in [1.54, 1.807) is 29.5 Å². The van der Waals surface area contributed by atoms with Gasteiger partial charge in [0.25, 0.3) is 5.91 Å². The summed E-state index contributed by atoms with van der Waals surface area (Å²) < 4.78 is 1.75. The Morgan fingerprint density at radius 3 is 3.06 bits per heavy atom. The minimum absolute atomic E-state index is 0.134. The van der Waals surface area contributed by atoms with Crippen LogP contribution in [0.1, 0.15) is 22.7 Å². The Morgan fingerprint density at radius 2 is 2.41 bits per heavy atom. The van der Waals surface area contributed by atoms with Gasteiger partial charge < -0.3 is 14.9 Å². The molecule has 0 aliphatic heterocycles. The van der Waals surface area contributed by atoms with E-state index in [0.717, 1.165) is 18.7 Å². The van der Waals surface area contributed by atoms with E-state index >= 15 is 0 Å². The predicted molar refractivity (Wildman–Crippen MR) is 62.4 cm³/mol. The van der Waals surface area contributed by atoms with Gasteiger partial charge in [-0.3, -0.25) is 4.79 Å². The second kappa shape index (κ2) is 5.29. The number of H-pyrrole nitrogens is 1. The van der Waals surface area contributed by atoms with Gasteiger partial charge in [0.05, 0.1) is 6.33 Å². The molecule has 0 saturated carbocycles. The van der Waals surface area contributed by atoms with Crippen molar-refractivity contribution < 1.29 is 4.79 Å². The van der Waals surface area contributed by atoms with Crippen LogP contribution in [0.25, 0.3) is 0 Å². The third-order valence-corrected chi connectivity index (χ3v) is 2.37. The van der Waals surface area contributed by atoms with Crippen LogP contribution < -0.4 is 5.32 Å². The Kier molecular flexibility index (Phi) is 3.54. The SMILES string of the molecule is Cn1cnc(C(=O)NCCCc2ncc[nH]2)c1. The minimum atomic E-state index is -0.134. The van der Waals surface area contributed by atoms with Gasteiger partial charge in [0, 0.05) is 38.6 Å². The maximum Gasteiger partial charge on any atom is 0.271 e. The van der Waals surface area contributed by atoms with Crippen molar-refractivity contribution in [1.29, 1.82) is 0 Å². The van der Waals surface area contributed by atoms with Crippen molar-refractivity contribution in [3.8, 4) is 0 Å². The maximum atomic E-state index is 11.6. The lowest BCUT2D eigenvalue weighted by Gasteiger charge is -2.01. The van der Waals surface area contributed by atoms with Crippen LogP contribution in [0.15, 0.2) is 24.9 Å². The number of amides is 1. The third kappa shape index (κ3) is 3.17. The summed E-state index contributed by atoms with van der Waals surface area (Å²) in [5.74, 6) is 0.808. The first-order valence-electron chi connectivity index (χ1n) is 5.50. The van der Waals surface area contributed by atoms with Gasteiger partial charge in [-0.05, 0) is 6.42 Å². The highest BCUT2D eigenvalue weighted by atomic mass is 16.1. The van der Waals surface area contributed by atoms with Gasteiger partial charge in [0.1, 0.15) is 11.5 Å². The van der Waals surface area contributed by atoms with Crippen LogP contribution >= 0.6 is 0 Å². The molecule has 0 atom stereocenters. The van der Waals surface area contributed by atoms with Crippen molar-refractivity contribution >= 4 is 5.91 Å². The standard InChI is InChI=1S/C11H15N5O/c1-16-7-9(15-8-16)11(17)14-4-2-3-10-12-5-6-13-10/h5-8H,2-4H2,1H3,(H,12,13)(H,14,17). The fraction of sp³-hybridized carbons (Fsp3) is 0.364. The van der Waals surface area contributed by atoms with Crippen molar-refractivity contribution in [3.63, 3.8) is 0 Å². The van der Waals surface area contributed by atoms with Crippen LogP contribution in [0, 0.1) is 0 Å². The summed E-state index contributed by atoms with van der Waals surface area (Å²) in [4.78, 5) is 22.7. The van der Waals surface area contributed by atoms with E-state index in [2.05, 4.69) is 20.3 Å². The van der Waals surface area contributed by atoms with Crippen molar-refractivity contribution in [2.45, 2.75) is 12.8 Å². The number of nitrogens with zero attached hydrogens (tertiary/aromatic N) is 3. The summed E-state index contributed by atoms with van der Waals surface area (Å²) in [6.45, 7) is 0.621. The Hall–Kier alpha value is -2.11. The molecule has 0 saturated heterocycles. The van der Waals surface area contributed by atoms with E-state index in [1.807, 2.05) is 7.05 Å². The molecule has 17 heavy (non-hydrogen) atoms. The molecule has 2 aromatic heterocycles. The zero-order valence-electron chi connectivity index (χ0n) is 9.68. The zero-order valence-corrected chi connectivity index (χ0v) is 9.68. The van der Waals surface area contributed by atoms with Gasteiger partial charge in [-0.2, -0.15) is 0 Å². The molecule has 6 heteroatoms. The molecule has 0 unspecified atom stereocenters. The monoisotopic (exact) mass is 233 g/mol. The quantitative estimate of drug-likeness (QED) is 0.739. The molecule has 1 amide bonds. The number of carbonyl (C=O) groups is 1. The molecule has 0 aromatic carbocycles. The molecule has 0 radical (unpaired) electrons. The molecule has 2 aromatic rings. The van der Waals surface area contributed by atoms with Crippen molar-refractivity contribution in [1.82, 2.24) is 24.8 Å². The lowest BCUT2D eigenvalue weighted by Crippen LogP contribution is -2.25. The van der Waals surface area contributed by atoms with Crippen molar-refractivity contribution in [3.05, 3.63) is 36.4 Å². The van der Waals surface area contributed by atoms with Crippen LogP contribution in [0.4, 0.5) is 0 Å². The third-order valence-electron chi connectivity index (χ3n) is 2.37. The molecular weight excluding hydrogens is 218 g/mol. The Morgan fingerprint density at radius 1 is 1.53 bits per heavy atom. The molecule has 0 spiro atoms. The number of imidazole rings is 2. The Bertz CT molecular complexity index is 474. The maximum absolute atomic E-state index is 11.6. The summed E-state index contributed by atoms with van der Waals surface area (Å²) in [6.07, 6.45) is 8.50. The molecule has 2 heterocycles. The topological polar surface area (TPSA) is 75.6 Å². The number of aromatic nitrogens is 4.